The van der Waals surface area contributed by atoms with Gasteiger partial charge in [0.05, 0.1) is 17.0 Å². The smallest absolute Gasteiger partial charge is 0.306 e. The molecule has 2 atom stereocenters. The zero-order chi connectivity index (χ0) is 20.2. The molecule has 3 aromatic rings. The summed E-state index contributed by atoms with van der Waals surface area (Å²) in [5.74, 6) is 0.0957. The van der Waals surface area contributed by atoms with Crippen molar-refractivity contribution in [1.29, 1.82) is 0 Å². The summed E-state index contributed by atoms with van der Waals surface area (Å²) in [6.07, 6.45) is 1.78. The maximum Gasteiger partial charge on any atom is 0.306 e. The fourth-order valence-electron chi connectivity index (χ4n) is 3.83. The minimum Gasteiger partial charge on any atom is -0.486 e. The number of carbonyl (C=O) groups excluding carboxylic acids is 1. The number of carboxylic acids is 1. The lowest BCUT2D eigenvalue weighted by molar-refractivity contribution is -0.141. The average Bonchev–Trinajstić information content (AvgIpc) is 3.32. The highest BCUT2D eigenvalue weighted by Gasteiger charge is 2.30. The number of aromatic nitrogens is 2. The first kappa shape index (κ1) is 19.0. The van der Waals surface area contributed by atoms with E-state index in [-0.39, 0.29) is 31.0 Å². The molecule has 0 unspecified atom stereocenters. The Morgan fingerprint density at radius 2 is 1.86 bits per heavy atom. The number of carbonyl (C=O) groups is 2. The summed E-state index contributed by atoms with van der Waals surface area (Å²) in [5.41, 5.74) is 1.67. The minimum absolute atomic E-state index is 0.0950. The van der Waals surface area contributed by atoms with Crippen molar-refractivity contribution >= 4 is 22.9 Å². The summed E-state index contributed by atoms with van der Waals surface area (Å²) in [6, 6.07) is 17.0. The summed E-state index contributed by atoms with van der Waals surface area (Å²) in [7, 11) is 0. The molecule has 4 rings (SSSR count). The number of hydrogen-bond acceptors (Lipinski definition) is 4. The molecule has 0 saturated heterocycles. The van der Waals surface area contributed by atoms with Gasteiger partial charge in [0.15, 0.2) is 0 Å². The van der Waals surface area contributed by atoms with E-state index in [0.717, 1.165) is 16.8 Å². The molecule has 1 aliphatic rings. The van der Waals surface area contributed by atoms with Crippen LogP contribution in [0, 0.1) is 5.92 Å². The van der Waals surface area contributed by atoms with Crippen molar-refractivity contribution < 1.29 is 19.4 Å². The molecule has 0 spiro atoms. The third-order valence-electron chi connectivity index (χ3n) is 5.29. The van der Waals surface area contributed by atoms with E-state index in [9.17, 15) is 9.59 Å². The van der Waals surface area contributed by atoms with Crippen LogP contribution in [0.2, 0.25) is 0 Å². The second-order valence-electron chi connectivity index (χ2n) is 7.32. The predicted molar refractivity (Wildman–Crippen MR) is 107 cm³/mol. The van der Waals surface area contributed by atoms with Crippen LogP contribution in [0.5, 0.6) is 5.75 Å². The predicted octanol–water partition coefficient (Wildman–Crippen LogP) is 2.98. The third-order valence-corrected chi connectivity index (χ3v) is 5.29. The van der Waals surface area contributed by atoms with E-state index in [4.69, 9.17) is 9.84 Å². The molecule has 2 N–H and O–H groups in total. The molecule has 1 aromatic heterocycles. The Labute approximate surface area is 168 Å². The molecular formula is C22H23N3O4. The molecular weight excluding hydrogens is 370 g/mol. The monoisotopic (exact) mass is 393 g/mol. The Bertz CT molecular complexity index is 1020. The summed E-state index contributed by atoms with van der Waals surface area (Å²) < 4.78 is 7.70. The summed E-state index contributed by atoms with van der Waals surface area (Å²) in [4.78, 5) is 28.4. The molecule has 1 fully saturated rings. The van der Waals surface area contributed by atoms with Crippen molar-refractivity contribution in [2.45, 2.75) is 38.5 Å². The van der Waals surface area contributed by atoms with Crippen LogP contribution < -0.4 is 10.1 Å². The number of para-hydroxylation sites is 3. The van der Waals surface area contributed by atoms with Crippen LogP contribution in [-0.4, -0.2) is 32.6 Å². The second-order valence-corrected chi connectivity index (χ2v) is 7.32. The van der Waals surface area contributed by atoms with Crippen LogP contribution in [0.25, 0.3) is 11.0 Å². The van der Waals surface area contributed by atoms with Gasteiger partial charge in [-0.05, 0) is 43.5 Å². The number of ether oxygens (including phenoxy) is 1. The molecule has 0 aliphatic heterocycles. The van der Waals surface area contributed by atoms with Crippen LogP contribution in [-0.2, 0) is 22.7 Å². The van der Waals surface area contributed by atoms with Gasteiger partial charge in [0, 0.05) is 6.04 Å². The van der Waals surface area contributed by atoms with E-state index in [1.54, 1.807) is 0 Å². The van der Waals surface area contributed by atoms with Gasteiger partial charge in [-0.15, -0.1) is 0 Å². The highest BCUT2D eigenvalue weighted by Crippen LogP contribution is 2.26. The number of hydrogen-bond donors (Lipinski definition) is 2. The van der Waals surface area contributed by atoms with E-state index in [2.05, 4.69) is 10.3 Å². The number of nitrogens with zero attached hydrogens (tertiary/aromatic N) is 2. The molecule has 1 saturated carbocycles. The maximum atomic E-state index is 12.7. The van der Waals surface area contributed by atoms with Crippen molar-refractivity contribution in [2.24, 2.45) is 5.92 Å². The number of imidazole rings is 1. The van der Waals surface area contributed by atoms with Gasteiger partial charge < -0.3 is 19.7 Å². The Morgan fingerprint density at radius 3 is 2.62 bits per heavy atom. The lowest BCUT2D eigenvalue weighted by atomic mass is 10.1. The molecule has 150 valence electrons. The van der Waals surface area contributed by atoms with Gasteiger partial charge in [-0.25, -0.2) is 4.98 Å². The van der Waals surface area contributed by atoms with E-state index in [1.165, 1.54) is 0 Å². The Morgan fingerprint density at radius 1 is 1.10 bits per heavy atom. The Hall–Kier alpha value is -3.35. The van der Waals surface area contributed by atoms with E-state index < -0.39 is 5.97 Å². The van der Waals surface area contributed by atoms with Crippen LogP contribution in [0.15, 0.2) is 54.6 Å². The largest absolute Gasteiger partial charge is 0.486 e. The lowest BCUT2D eigenvalue weighted by Gasteiger charge is -2.15. The number of aliphatic carboxylic acids is 1. The van der Waals surface area contributed by atoms with E-state index in [0.29, 0.717) is 25.1 Å². The zero-order valence-corrected chi connectivity index (χ0v) is 16.0. The highest BCUT2D eigenvalue weighted by atomic mass is 16.5. The first-order valence-corrected chi connectivity index (χ1v) is 9.74. The highest BCUT2D eigenvalue weighted by molar-refractivity contribution is 5.81. The number of fused-ring (bicyclic) bond motifs is 1. The van der Waals surface area contributed by atoms with E-state index >= 15 is 0 Å². The van der Waals surface area contributed by atoms with Crippen molar-refractivity contribution in [3.05, 3.63) is 60.4 Å². The summed E-state index contributed by atoms with van der Waals surface area (Å²) in [6.45, 7) is 0.360. The SMILES string of the molecule is O=C(Cn1c(COc2ccccc2)nc2ccccc21)N[C@@H]1CC[C@H](C(=O)O)C1. The summed E-state index contributed by atoms with van der Waals surface area (Å²) in [5, 5.41) is 12.1. The molecule has 7 heteroatoms. The molecule has 1 aliphatic carbocycles. The zero-order valence-electron chi connectivity index (χ0n) is 16.0. The fraction of sp³-hybridized carbons (Fsp3) is 0.318. The van der Waals surface area contributed by atoms with Crippen molar-refractivity contribution in [3.8, 4) is 5.75 Å². The van der Waals surface area contributed by atoms with Gasteiger partial charge in [0.25, 0.3) is 0 Å². The van der Waals surface area contributed by atoms with Gasteiger partial charge >= 0.3 is 5.97 Å². The van der Waals surface area contributed by atoms with Crippen LogP contribution >= 0.6 is 0 Å². The maximum absolute atomic E-state index is 12.7. The first-order valence-electron chi connectivity index (χ1n) is 9.74. The van der Waals surface area contributed by atoms with Gasteiger partial charge in [0.1, 0.15) is 24.7 Å². The van der Waals surface area contributed by atoms with Crippen LogP contribution in [0.4, 0.5) is 0 Å². The number of carboxylic acid groups (broad SMARTS) is 1. The van der Waals surface area contributed by atoms with E-state index in [1.807, 2.05) is 59.2 Å². The molecule has 0 radical (unpaired) electrons. The number of nitrogens with one attached hydrogen (secondary N) is 1. The van der Waals surface area contributed by atoms with Gasteiger partial charge in [-0.1, -0.05) is 30.3 Å². The Kier molecular flexibility index (Phi) is 5.46. The fourth-order valence-corrected chi connectivity index (χ4v) is 3.83. The topological polar surface area (TPSA) is 93.5 Å². The number of benzene rings is 2. The average molecular weight is 393 g/mol. The molecule has 7 nitrogen and oxygen atoms in total. The molecule has 1 heterocycles. The van der Waals surface area contributed by atoms with Crippen molar-refractivity contribution in [3.63, 3.8) is 0 Å². The van der Waals surface area contributed by atoms with Crippen LogP contribution in [0.3, 0.4) is 0 Å². The molecule has 1 amide bonds. The van der Waals surface area contributed by atoms with Gasteiger partial charge in [-0.2, -0.15) is 0 Å². The van der Waals surface area contributed by atoms with Crippen LogP contribution in [0.1, 0.15) is 25.1 Å². The van der Waals surface area contributed by atoms with Gasteiger partial charge in [-0.3, -0.25) is 9.59 Å². The Balaban J connectivity index is 1.48. The molecule has 29 heavy (non-hydrogen) atoms. The van der Waals surface area contributed by atoms with Gasteiger partial charge in [0.2, 0.25) is 5.91 Å². The quantitative estimate of drug-likeness (QED) is 0.644. The molecule has 2 aromatic carbocycles. The molecule has 0 bridgehead atoms. The first-order chi connectivity index (χ1) is 14.1. The number of rotatable bonds is 7. The lowest BCUT2D eigenvalue weighted by Crippen LogP contribution is -2.36. The third kappa shape index (κ3) is 4.39. The number of amides is 1. The standard InChI is InChI=1S/C22H23N3O4/c26-21(23-16-11-10-15(12-16)22(27)28)13-25-19-9-5-4-8-18(19)24-20(25)14-29-17-6-2-1-3-7-17/h1-9,15-16H,10-14H2,(H,23,26)(H,27,28)/t15-,16+/m0/s1. The minimum atomic E-state index is -0.789. The summed E-state index contributed by atoms with van der Waals surface area (Å²) >= 11 is 0. The normalized spacial score (nSPS) is 18.6. The van der Waals surface area contributed by atoms with Crippen molar-refractivity contribution in [1.82, 2.24) is 14.9 Å². The van der Waals surface area contributed by atoms with Crippen molar-refractivity contribution in [2.75, 3.05) is 0 Å². The second kappa shape index (κ2) is 8.34.